The quantitative estimate of drug-likeness (QED) is 0.751. The number of carbonyl (C=O) groups is 1. The smallest absolute Gasteiger partial charge is 0.302 e. The SMILES string of the molecule is CCC(C)Oc1ccc(C2CCCCC2OC(C)=O)cc1. The van der Waals surface area contributed by atoms with Crippen molar-refractivity contribution in [3.8, 4) is 5.75 Å². The van der Waals surface area contributed by atoms with Crippen molar-refractivity contribution in [2.75, 3.05) is 0 Å². The van der Waals surface area contributed by atoms with Crippen LogP contribution in [0.2, 0.25) is 0 Å². The van der Waals surface area contributed by atoms with Crippen molar-refractivity contribution < 1.29 is 14.3 Å². The highest BCUT2D eigenvalue weighted by Gasteiger charge is 2.28. The van der Waals surface area contributed by atoms with E-state index in [1.165, 1.54) is 18.9 Å². The van der Waals surface area contributed by atoms with Crippen LogP contribution in [-0.4, -0.2) is 18.2 Å². The molecule has 0 spiro atoms. The van der Waals surface area contributed by atoms with Crippen LogP contribution < -0.4 is 4.74 Å². The van der Waals surface area contributed by atoms with Crippen LogP contribution in [0.3, 0.4) is 0 Å². The van der Waals surface area contributed by atoms with Crippen molar-refractivity contribution in [2.45, 2.75) is 71.0 Å². The normalized spacial score (nSPS) is 23.4. The molecule has 0 radical (unpaired) electrons. The Morgan fingerprint density at radius 1 is 1.24 bits per heavy atom. The van der Waals surface area contributed by atoms with Crippen molar-refractivity contribution in [3.63, 3.8) is 0 Å². The molecule has 3 atom stereocenters. The molecule has 1 fully saturated rings. The van der Waals surface area contributed by atoms with Gasteiger partial charge in [-0.1, -0.05) is 25.5 Å². The summed E-state index contributed by atoms with van der Waals surface area (Å²) in [6, 6.07) is 8.29. The van der Waals surface area contributed by atoms with E-state index in [2.05, 4.69) is 26.0 Å². The molecule has 0 amide bonds. The fourth-order valence-corrected chi connectivity index (χ4v) is 2.94. The largest absolute Gasteiger partial charge is 0.491 e. The van der Waals surface area contributed by atoms with Gasteiger partial charge in [-0.2, -0.15) is 0 Å². The molecule has 0 N–H and O–H groups in total. The van der Waals surface area contributed by atoms with Crippen molar-refractivity contribution in [3.05, 3.63) is 29.8 Å². The molecule has 2 rings (SSSR count). The molecular formula is C18H26O3. The first-order valence-electron chi connectivity index (χ1n) is 8.04. The summed E-state index contributed by atoms with van der Waals surface area (Å²) < 4.78 is 11.3. The molecule has 0 aromatic heterocycles. The second-order valence-corrected chi connectivity index (χ2v) is 5.94. The lowest BCUT2D eigenvalue weighted by Gasteiger charge is -2.31. The van der Waals surface area contributed by atoms with Gasteiger partial charge >= 0.3 is 5.97 Å². The Morgan fingerprint density at radius 3 is 2.52 bits per heavy atom. The third-order valence-electron chi connectivity index (χ3n) is 4.24. The van der Waals surface area contributed by atoms with Crippen LogP contribution in [-0.2, 0) is 9.53 Å². The third-order valence-corrected chi connectivity index (χ3v) is 4.24. The molecule has 0 heterocycles. The van der Waals surface area contributed by atoms with E-state index in [0.29, 0.717) is 5.92 Å². The van der Waals surface area contributed by atoms with Gasteiger partial charge in [0.25, 0.3) is 0 Å². The summed E-state index contributed by atoms with van der Waals surface area (Å²) in [6.45, 7) is 5.69. The molecule has 0 bridgehead atoms. The lowest BCUT2D eigenvalue weighted by Crippen LogP contribution is -2.27. The monoisotopic (exact) mass is 290 g/mol. The van der Waals surface area contributed by atoms with Crippen LogP contribution in [0.1, 0.15) is 64.4 Å². The maximum atomic E-state index is 11.3. The highest BCUT2D eigenvalue weighted by molar-refractivity contribution is 5.66. The van der Waals surface area contributed by atoms with Crippen LogP contribution >= 0.6 is 0 Å². The fourth-order valence-electron chi connectivity index (χ4n) is 2.94. The Morgan fingerprint density at radius 2 is 1.90 bits per heavy atom. The summed E-state index contributed by atoms with van der Waals surface area (Å²) in [7, 11) is 0. The standard InChI is InChI=1S/C18H26O3/c1-4-13(2)20-16-11-9-15(10-12-16)17-7-5-6-8-18(17)21-14(3)19/h9-13,17-18H,4-8H2,1-3H3. The van der Waals surface area contributed by atoms with Crippen molar-refractivity contribution in [2.24, 2.45) is 0 Å². The Kier molecular flexibility index (Phi) is 5.66. The molecule has 1 aliphatic rings. The lowest BCUT2D eigenvalue weighted by molar-refractivity contribution is -0.148. The van der Waals surface area contributed by atoms with E-state index in [9.17, 15) is 4.79 Å². The number of rotatable bonds is 5. The summed E-state index contributed by atoms with van der Waals surface area (Å²) in [5, 5.41) is 0. The Balaban J connectivity index is 2.06. The molecule has 1 aromatic carbocycles. The van der Waals surface area contributed by atoms with Gasteiger partial charge in [-0.25, -0.2) is 0 Å². The topological polar surface area (TPSA) is 35.5 Å². The minimum Gasteiger partial charge on any atom is -0.491 e. The molecule has 3 unspecified atom stereocenters. The number of hydrogen-bond acceptors (Lipinski definition) is 3. The van der Waals surface area contributed by atoms with Gasteiger partial charge in [-0.05, 0) is 50.3 Å². The van der Waals surface area contributed by atoms with Crippen LogP contribution in [0.4, 0.5) is 0 Å². The van der Waals surface area contributed by atoms with E-state index in [-0.39, 0.29) is 18.2 Å². The van der Waals surface area contributed by atoms with Gasteiger partial charge in [0.1, 0.15) is 11.9 Å². The molecule has 0 aliphatic heterocycles. The third kappa shape index (κ3) is 4.48. The lowest BCUT2D eigenvalue weighted by atomic mass is 9.81. The van der Waals surface area contributed by atoms with E-state index < -0.39 is 0 Å². The minimum atomic E-state index is -0.177. The fraction of sp³-hybridized carbons (Fsp3) is 0.611. The molecule has 3 heteroatoms. The predicted molar refractivity (Wildman–Crippen MR) is 83.6 cm³/mol. The van der Waals surface area contributed by atoms with E-state index in [0.717, 1.165) is 31.4 Å². The minimum absolute atomic E-state index is 0.0255. The van der Waals surface area contributed by atoms with Crippen LogP contribution in [0.25, 0.3) is 0 Å². The molecule has 0 saturated heterocycles. The molecular weight excluding hydrogens is 264 g/mol. The van der Waals surface area contributed by atoms with Crippen molar-refractivity contribution in [1.82, 2.24) is 0 Å². The number of ether oxygens (including phenoxy) is 2. The van der Waals surface area contributed by atoms with Gasteiger partial charge in [0.15, 0.2) is 0 Å². The summed E-state index contributed by atoms with van der Waals surface area (Å²) in [4.78, 5) is 11.3. The highest BCUT2D eigenvalue weighted by Crippen LogP contribution is 2.35. The molecule has 116 valence electrons. The van der Waals surface area contributed by atoms with Gasteiger partial charge in [0.05, 0.1) is 6.10 Å². The van der Waals surface area contributed by atoms with Crippen molar-refractivity contribution in [1.29, 1.82) is 0 Å². The molecule has 1 saturated carbocycles. The first kappa shape index (κ1) is 15.9. The van der Waals surface area contributed by atoms with E-state index in [1.54, 1.807) is 0 Å². The van der Waals surface area contributed by atoms with Gasteiger partial charge in [0, 0.05) is 12.8 Å². The van der Waals surface area contributed by atoms with Crippen molar-refractivity contribution >= 4 is 5.97 Å². The maximum Gasteiger partial charge on any atom is 0.302 e. The number of benzene rings is 1. The molecule has 3 nitrogen and oxygen atoms in total. The summed E-state index contributed by atoms with van der Waals surface area (Å²) in [5.74, 6) is 1.05. The van der Waals surface area contributed by atoms with Crippen LogP contribution in [0, 0.1) is 0 Å². The maximum absolute atomic E-state index is 11.3. The summed E-state index contributed by atoms with van der Waals surface area (Å²) in [5.41, 5.74) is 1.25. The zero-order valence-electron chi connectivity index (χ0n) is 13.3. The molecule has 1 aliphatic carbocycles. The average Bonchev–Trinajstić information content (AvgIpc) is 2.48. The second kappa shape index (κ2) is 7.48. The highest BCUT2D eigenvalue weighted by atomic mass is 16.5. The molecule has 21 heavy (non-hydrogen) atoms. The summed E-state index contributed by atoms with van der Waals surface area (Å²) >= 11 is 0. The zero-order chi connectivity index (χ0) is 15.2. The predicted octanol–water partition coefficient (Wildman–Crippen LogP) is 4.45. The van der Waals surface area contributed by atoms with Gasteiger partial charge in [-0.15, -0.1) is 0 Å². The number of carbonyl (C=O) groups excluding carboxylic acids is 1. The Labute approximate surface area is 127 Å². The molecule has 1 aromatic rings. The van der Waals surface area contributed by atoms with Gasteiger partial charge in [0.2, 0.25) is 0 Å². The van der Waals surface area contributed by atoms with Gasteiger partial charge in [-0.3, -0.25) is 4.79 Å². The van der Waals surface area contributed by atoms with E-state index >= 15 is 0 Å². The zero-order valence-corrected chi connectivity index (χ0v) is 13.3. The van der Waals surface area contributed by atoms with E-state index in [1.807, 2.05) is 12.1 Å². The first-order valence-corrected chi connectivity index (χ1v) is 8.04. The van der Waals surface area contributed by atoms with Gasteiger partial charge < -0.3 is 9.47 Å². The second-order valence-electron chi connectivity index (χ2n) is 5.94. The number of hydrogen-bond donors (Lipinski definition) is 0. The van der Waals surface area contributed by atoms with Crippen LogP contribution in [0.5, 0.6) is 5.75 Å². The Bertz CT molecular complexity index is 452. The summed E-state index contributed by atoms with van der Waals surface area (Å²) in [6.07, 6.45) is 5.66. The first-order chi connectivity index (χ1) is 10.1. The van der Waals surface area contributed by atoms with E-state index in [4.69, 9.17) is 9.47 Å². The Hall–Kier alpha value is -1.51. The average molecular weight is 290 g/mol. The number of esters is 1. The van der Waals surface area contributed by atoms with Crippen LogP contribution in [0.15, 0.2) is 24.3 Å².